The summed E-state index contributed by atoms with van der Waals surface area (Å²) in [6.45, 7) is 2.80. The van der Waals surface area contributed by atoms with Crippen molar-refractivity contribution < 1.29 is 18.4 Å². The van der Waals surface area contributed by atoms with E-state index < -0.39 is 17.3 Å². The maximum atomic E-state index is 12.6. The SMILES string of the molecule is Cc1cc(C(F)(F)F)ccc1-c1nnc(C)n(O)c1=O. The molecule has 2 aromatic rings. The molecule has 0 bridgehead atoms. The highest BCUT2D eigenvalue weighted by Crippen LogP contribution is 2.31. The lowest BCUT2D eigenvalue weighted by molar-refractivity contribution is -0.137. The first-order chi connectivity index (χ1) is 9.21. The van der Waals surface area contributed by atoms with Gasteiger partial charge in [0.15, 0.2) is 11.5 Å². The van der Waals surface area contributed by atoms with Gasteiger partial charge in [-0.05, 0) is 31.5 Å². The number of nitrogens with zero attached hydrogens (tertiary/aromatic N) is 3. The molecule has 20 heavy (non-hydrogen) atoms. The zero-order chi connectivity index (χ0) is 15.1. The van der Waals surface area contributed by atoms with Crippen molar-refractivity contribution in [3.63, 3.8) is 0 Å². The Hall–Kier alpha value is -2.38. The van der Waals surface area contributed by atoms with Gasteiger partial charge in [-0.1, -0.05) is 6.07 Å². The fourth-order valence-electron chi connectivity index (χ4n) is 1.73. The Morgan fingerprint density at radius 2 is 1.85 bits per heavy atom. The molecule has 0 radical (unpaired) electrons. The smallest absolute Gasteiger partial charge is 0.416 e. The van der Waals surface area contributed by atoms with Crippen molar-refractivity contribution in [1.29, 1.82) is 0 Å². The molecule has 2 rings (SSSR count). The highest BCUT2D eigenvalue weighted by Gasteiger charge is 2.31. The van der Waals surface area contributed by atoms with Crippen molar-refractivity contribution >= 4 is 0 Å². The van der Waals surface area contributed by atoms with Crippen LogP contribution in [-0.2, 0) is 6.18 Å². The Labute approximate surface area is 111 Å². The van der Waals surface area contributed by atoms with Crippen molar-refractivity contribution in [3.8, 4) is 11.3 Å². The summed E-state index contributed by atoms with van der Waals surface area (Å²) in [4.78, 5) is 11.8. The van der Waals surface area contributed by atoms with Crippen LogP contribution in [0, 0.1) is 13.8 Å². The van der Waals surface area contributed by atoms with Crippen LogP contribution in [0.2, 0.25) is 0 Å². The number of hydrogen-bond acceptors (Lipinski definition) is 4. The summed E-state index contributed by atoms with van der Waals surface area (Å²) in [7, 11) is 0. The molecule has 0 aliphatic carbocycles. The summed E-state index contributed by atoms with van der Waals surface area (Å²) in [6, 6.07) is 2.90. The maximum Gasteiger partial charge on any atom is 0.416 e. The van der Waals surface area contributed by atoms with Crippen LogP contribution in [-0.4, -0.2) is 20.1 Å². The van der Waals surface area contributed by atoms with Gasteiger partial charge in [0.2, 0.25) is 0 Å². The van der Waals surface area contributed by atoms with E-state index >= 15 is 0 Å². The lowest BCUT2D eigenvalue weighted by Gasteiger charge is -2.10. The van der Waals surface area contributed by atoms with Crippen LogP contribution in [0.1, 0.15) is 17.0 Å². The molecule has 0 amide bonds. The number of halogens is 3. The van der Waals surface area contributed by atoms with Gasteiger partial charge < -0.3 is 5.21 Å². The molecule has 0 fully saturated rings. The van der Waals surface area contributed by atoms with E-state index in [4.69, 9.17) is 0 Å². The summed E-state index contributed by atoms with van der Waals surface area (Å²) in [5, 5.41) is 16.7. The van der Waals surface area contributed by atoms with Crippen LogP contribution in [0.15, 0.2) is 23.0 Å². The molecule has 0 aliphatic heterocycles. The van der Waals surface area contributed by atoms with Gasteiger partial charge in [-0.3, -0.25) is 4.79 Å². The third-order valence-electron chi connectivity index (χ3n) is 2.81. The number of rotatable bonds is 1. The first kappa shape index (κ1) is 14.0. The molecular formula is C12H10F3N3O2. The average molecular weight is 285 g/mol. The number of aromatic nitrogens is 3. The van der Waals surface area contributed by atoms with E-state index in [1.54, 1.807) is 0 Å². The van der Waals surface area contributed by atoms with E-state index in [0.717, 1.165) is 18.2 Å². The number of benzene rings is 1. The van der Waals surface area contributed by atoms with Crippen molar-refractivity contribution in [3.05, 3.63) is 45.5 Å². The molecule has 1 aromatic heterocycles. The summed E-state index contributed by atoms with van der Waals surface area (Å²) in [5.41, 5.74) is -1.44. The molecule has 106 valence electrons. The molecule has 0 unspecified atom stereocenters. The summed E-state index contributed by atoms with van der Waals surface area (Å²) < 4.78 is 38.0. The van der Waals surface area contributed by atoms with E-state index in [-0.39, 0.29) is 22.6 Å². The Morgan fingerprint density at radius 1 is 1.20 bits per heavy atom. The maximum absolute atomic E-state index is 12.6. The molecule has 8 heteroatoms. The normalized spacial score (nSPS) is 11.7. The van der Waals surface area contributed by atoms with Gasteiger partial charge in [-0.25, -0.2) is 0 Å². The van der Waals surface area contributed by atoms with Gasteiger partial charge >= 0.3 is 11.7 Å². The Bertz CT molecular complexity index is 723. The third kappa shape index (κ3) is 2.36. The minimum Gasteiger partial charge on any atom is -0.424 e. The molecule has 0 spiro atoms. The number of hydrogen-bond donors (Lipinski definition) is 1. The van der Waals surface area contributed by atoms with Crippen LogP contribution in [0.3, 0.4) is 0 Å². The van der Waals surface area contributed by atoms with Gasteiger partial charge in [0, 0.05) is 5.56 Å². The Morgan fingerprint density at radius 3 is 2.40 bits per heavy atom. The minimum atomic E-state index is -4.46. The van der Waals surface area contributed by atoms with Crippen molar-refractivity contribution in [2.45, 2.75) is 20.0 Å². The molecule has 5 nitrogen and oxygen atoms in total. The molecule has 0 aliphatic rings. The molecule has 1 N–H and O–H groups in total. The monoisotopic (exact) mass is 285 g/mol. The van der Waals surface area contributed by atoms with Crippen LogP contribution in [0.4, 0.5) is 13.2 Å². The average Bonchev–Trinajstić information content (AvgIpc) is 2.36. The predicted molar refractivity (Wildman–Crippen MR) is 63.4 cm³/mol. The molecular weight excluding hydrogens is 275 g/mol. The van der Waals surface area contributed by atoms with Gasteiger partial charge in [0.25, 0.3) is 0 Å². The summed E-state index contributed by atoms with van der Waals surface area (Å²) >= 11 is 0. The van der Waals surface area contributed by atoms with E-state index in [1.807, 2.05) is 0 Å². The van der Waals surface area contributed by atoms with E-state index in [2.05, 4.69) is 10.2 Å². The van der Waals surface area contributed by atoms with E-state index in [9.17, 15) is 23.2 Å². The summed E-state index contributed by atoms with van der Waals surface area (Å²) in [5.74, 6) is -0.0108. The predicted octanol–water partition coefficient (Wildman–Crippen LogP) is 2.18. The first-order valence-electron chi connectivity index (χ1n) is 5.55. The van der Waals surface area contributed by atoms with Gasteiger partial charge in [-0.2, -0.15) is 13.2 Å². The van der Waals surface area contributed by atoms with Crippen LogP contribution in [0.5, 0.6) is 0 Å². The van der Waals surface area contributed by atoms with Gasteiger partial charge in [0.05, 0.1) is 5.56 Å². The second-order valence-corrected chi connectivity index (χ2v) is 4.24. The number of aryl methyl sites for hydroxylation is 2. The molecule has 0 atom stereocenters. The summed E-state index contributed by atoms with van der Waals surface area (Å²) in [6.07, 6.45) is -4.46. The van der Waals surface area contributed by atoms with E-state index in [1.165, 1.54) is 13.8 Å². The third-order valence-corrected chi connectivity index (χ3v) is 2.81. The van der Waals surface area contributed by atoms with E-state index in [0.29, 0.717) is 4.73 Å². The van der Waals surface area contributed by atoms with Crippen LogP contribution >= 0.6 is 0 Å². The quantitative estimate of drug-likeness (QED) is 0.815. The first-order valence-corrected chi connectivity index (χ1v) is 5.55. The highest BCUT2D eigenvalue weighted by atomic mass is 19.4. The zero-order valence-electron chi connectivity index (χ0n) is 10.6. The Balaban J connectivity index is 2.61. The van der Waals surface area contributed by atoms with Crippen LogP contribution in [0.25, 0.3) is 11.3 Å². The topological polar surface area (TPSA) is 68.0 Å². The van der Waals surface area contributed by atoms with Crippen molar-refractivity contribution in [2.75, 3.05) is 0 Å². The molecule has 1 aromatic carbocycles. The molecule has 0 saturated heterocycles. The fraction of sp³-hybridized carbons (Fsp3) is 0.250. The highest BCUT2D eigenvalue weighted by molar-refractivity contribution is 5.62. The van der Waals surface area contributed by atoms with Crippen molar-refractivity contribution in [2.24, 2.45) is 0 Å². The van der Waals surface area contributed by atoms with Gasteiger partial charge in [-0.15, -0.1) is 14.9 Å². The largest absolute Gasteiger partial charge is 0.424 e. The number of alkyl halides is 3. The second kappa shape index (κ2) is 4.62. The minimum absolute atomic E-state index is 0.0108. The zero-order valence-corrected chi connectivity index (χ0v) is 10.6. The molecule has 0 saturated carbocycles. The molecule has 1 heterocycles. The lowest BCUT2D eigenvalue weighted by atomic mass is 10.0. The van der Waals surface area contributed by atoms with Crippen LogP contribution < -0.4 is 5.56 Å². The van der Waals surface area contributed by atoms with Gasteiger partial charge in [0.1, 0.15) is 0 Å². The fourth-order valence-corrected chi connectivity index (χ4v) is 1.73. The standard InChI is InChI=1S/C12H10F3N3O2/c1-6-5-8(12(13,14)15)3-4-9(6)10-11(19)18(20)7(2)16-17-10/h3-5,20H,1-2H3. The lowest BCUT2D eigenvalue weighted by Crippen LogP contribution is -2.25. The second-order valence-electron chi connectivity index (χ2n) is 4.24. The Kier molecular flexibility index (Phi) is 3.24. The van der Waals surface area contributed by atoms with Crippen molar-refractivity contribution in [1.82, 2.24) is 14.9 Å².